The van der Waals surface area contributed by atoms with Gasteiger partial charge in [0.15, 0.2) is 11.5 Å². The number of para-hydroxylation sites is 1. The number of pyridine rings is 1. The van der Waals surface area contributed by atoms with Gasteiger partial charge in [0.05, 0.1) is 40.0 Å². The number of hydrogen-bond donors (Lipinski definition) is 1. The molecule has 0 radical (unpaired) electrons. The Morgan fingerprint density at radius 2 is 1.98 bits per heavy atom. The maximum Gasteiger partial charge on any atom is 0.335 e. The summed E-state index contributed by atoms with van der Waals surface area (Å²) >= 11 is 6.04. The molecule has 0 spiro atoms. The van der Waals surface area contributed by atoms with E-state index in [0.717, 1.165) is 60.8 Å². The molecule has 1 saturated carbocycles. The predicted octanol–water partition coefficient (Wildman–Crippen LogP) is 5.14. The fourth-order valence-corrected chi connectivity index (χ4v) is 6.88. The van der Waals surface area contributed by atoms with Gasteiger partial charge < -0.3 is 28.8 Å². The highest BCUT2D eigenvalue weighted by Crippen LogP contribution is 2.57. The summed E-state index contributed by atoms with van der Waals surface area (Å²) < 4.78 is 20.6. The van der Waals surface area contributed by atoms with E-state index in [-0.39, 0.29) is 11.7 Å². The zero-order chi connectivity index (χ0) is 27.9. The monoisotopic (exact) mass is 572 g/mol. The van der Waals surface area contributed by atoms with Gasteiger partial charge in [0, 0.05) is 39.2 Å². The lowest BCUT2D eigenvalue weighted by Gasteiger charge is -2.28. The molecule has 4 atom stereocenters. The first-order valence-corrected chi connectivity index (χ1v) is 14.5. The van der Waals surface area contributed by atoms with Gasteiger partial charge in [0.1, 0.15) is 11.5 Å². The van der Waals surface area contributed by atoms with Crippen molar-refractivity contribution in [2.45, 2.75) is 38.2 Å². The number of benzene rings is 2. The zero-order valence-corrected chi connectivity index (χ0v) is 23.3. The third-order valence-corrected chi connectivity index (χ3v) is 9.36. The number of aromatic nitrogens is 3. The fourth-order valence-electron chi connectivity index (χ4n) is 6.77. The summed E-state index contributed by atoms with van der Waals surface area (Å²) in [6.07, 6.45) is 3.65. The highest BCUT2D eigenvalue weighted by atomic mass is 35.5. The predicted molar refractivity (Wildman–Crippen MR) is 152 cm³/mol. The summed E-state index contributed by atoms with van der Waals surface area (Å²) in [4.78, 5) is 23.4. The van der Waals surface area contributed by atoms with E-state index >= 15 is 0 Å². The summed E-state index contributed by atoms with van der Waals surface area (Å²) in [6.45, 7) is 5.26. The minimum atomic E-state index is -1.02. The lowest BCUT2D eigenvalue weighted by molar-refractivity contribution is -0.0715. The Labute approximate surface area is 241 Å². The van der Waals surface area contributed by atoms with E-state index < -0.39 is 11.8 Å². The first kappa shape index (κ1) is 24.9. The molecular formula is C31H29ClN4O5. The summed E-state index contributed by atoms with van der Waals surface area (Å²) in [7, 11) is 0. The lowest BCUT2D eigenvalue weighted by Crippen LogP contribution is -2.33. The lowest BCUT2D eigenvalue weighted by atomic mass is 10.1. The van der Waals surface area contributed by atoms with Crippen molar-refractivity contribution in [2.24, 2.45) is 17.8 Å². The molecule has 0 amide bonds. The molecule has 1 aliphatic carbocycles. The molecule has 2 unspecified atom stereocenters. The van der Waals surface area contributed by atoms with Gasteiger partial charge >= 0.3 is 5.97 Å². The van der Waals surface area contributed by atoms with Crippen molar-refractivity contribution in [1.82, 2.24) is 14.5 Å². The molecule has 0 bridgehead atoms. The molecule has 4 aromatic rings. The van der Waals surface area contributed by atoms with E-state index in [1.54, 1.807) is 24.4 Å². The molecule has 2 aromatic carbocycles. The molecule has 9 nitrogen and oxygen atoms in total. The Hall–Kier alpha value is -3.82. The normalized spacial score (nSPS) is 27.6. The number of carboxylic acid groups (broad SMARTS) is 1. The second-order valence-electron chi connectivity index (χ2n) is 11.6. The van der Waals surface area contributed by atoms with Crippen molar-refractivity contribution in [3.05, 3.63) is 76.8 Å². The van der Waals surface area contributed by atoms with Crippen LogP contribution in [0.2, 0.25) is 5.02 Å². The number of carboxylic acids is 1. The molecule has 210 valence electrons. The second-order valence-corrected chi connectivity index (χ2v) is 12.1. The molecule has 2 saturated heterocycles. The standard InChI is InChI=1S/C31H29ClN4O5/c1-31(27-8-6-18(32)13-33-27)40-26-4-2-3-24(29(26)41-31)35-15-21-20(22(21)16-35)12-28-34-23-7-5-17(30(37)38)11-25(23)36(28)14-19-9-10-39-19/h2-8,11,13,19-22H,9-10,12,14-16H2,1H3,(H,37,38)/t19-,20?,21?,22?,31+/m0/s1. The average molecular weight is 573 g/mol. The van der Waals surface area contributed by atoms with Crippen LogP contribution in [0.1, 0.15) is 35.2 Å². The average Bonchev–Trinajstić information content (AvgIpc) is 3.28. The van der Waals surface area contributed by atoms with E-state index in [9.17, 15) is 9.90 Å². The van der Waals surface area contributed by atoms with Crippen LogP contribution in [0.15, 0.2) is 54.7 Å². The van der Waals surface area contributed by atoms with Gasteiger partial charge in [-0.05, 0) is 66.6 Å². The topological polar surface area (TPSA) is 98.9 Å². The van der Waals surface area contributed by atoms with Crippen LogP contribution in [0.25, 0.3) is 11.0 Å². The van der Waals surface area contributed by atoms with Gasteiger partial charge in [-0.25, -0.2) is 9.78 Å². The molecule has 4 aliphatic rings. The van der Waals surface area contributed by atoms with Crippen molar-refractivity contribution in [3.8, 4) is 11.5 Å². The zero-order valence-electron chi connectivity index (χ0n) is 22.5. The molecule has 2 aromatic heterocycles. The first-order valence-electron chi connectivity index (χ1n) is 14.1. The number of carbonyl (C=O) groups is 1. The summed E-state index contributed by atoms with van der Waals surface area (Å²) in [5, 5.41) is 10.1. The van der Waals surface area contributed by atoms with Crippen LogP contribution in [-0.4, -0.2) is 51.4 Å². The van der Waals surface area contributed by atoms with Crippen molar-refractivity contribution < 1.29 is 24.1 Å². The van der Waals surface area contributed by atoms with Gasteiger partial charge in [-0.1, -0.05) is 17.7 Å². The molecule has 10 heteroatoms. The van der Waals surface area contributed by atoms with Crippen molar-refractivity contribution in [3.63, 3.8) is 0 Å². The van der Waals surface area contributed by atoms with Crippen LogP contribution in [0.3, 0.4) is 0 Å². The Balaban J connectivity index is 1.00. The Morgan fingerprint density at radius 3 is 2.68 bits per heavy atom. The third-order valence-electron chi connectivity index (χ3n) is 9.14. The van der Waals surface area contributed by atoms with Crippen LogP contribution < -0.4 is 14.4 Å². The molecule has 5 heterocycles. The van der Waals surface area contributed by atoms with Crippen LogP contribution in [0.4, 0.5) is 5.69 Å². The second kappa shape index (κ2) is 9.09. The van der Waals surface area contributed by atoms with Gasteiger partial charge in [0.25, 0.3) is 5.79 Å². The number of ether oxygens (including phenoxy) is 3. The number of anilines is 1. The first-order chi connectivity index (χ1) is 19.9. The number of aromatic carboxylic acids is 1. The van der Waals surface area contributed by atoms with Crippen LogP contribution in [-0.2, 0) is 23.5 Å². The van der Waals surface area contributed by atoms with Gasteiger partial charge in [0.2, 0.25) is 0 Å². The maximum absolute atomic E-state index is 11.6. The number of fused-ring (bicyclic) bond motifs is 3. The molecule has 3 aliphatic heterocycles. The molecule has 8 rings (SSSR count). The van der Waals surface area contributed by atoms with Crippen molar-refractivity contribution in [2.75, 3.05) is 24.6 Å². The number of nitrogens with zero attached hydrogens (tertiary/aromatic N) is 4. The minimum Gasteiger partial charge on any atom is -0.478 e. The number of hydrogen-bond acceptors (Lipinski definition) is 7. The van der Waals surface area contributed by atoms with E-state index in [0.29, 0.717) is 40.8 Å². The van der Waals surface area contributed by atoms with Gasteiger partial charge in [-0.15, -0.1) is 0 Å². The Morgan fingerprint density at radius 1 is 1.15 bits per heavy atom. The van der Waals surface area contributed by atoms with E-state index in [4.69, 9.17) is 30.8 Å². The van der Waals surface area contributed by atoms with E-state index in [1.165, 1.54) is 0 Å². The third kappa shape index (κ3) is 4.13. The Bertz CT molecular complexity index is 1670. The summed E-state index contributed by atoms with van der Waals surface area (Å²) in [6, 6.07) is 14.9. The highest BCUT2D eigenvalue weighted by molar-refractivity contribution is 6.30. The van der Waals surface area contributed by atoms with E-state index in [1.807, 2.05) is 31.2 Å². The summed E-state index contributed by atoms with van der Waals surface area (Å²) in [5.41, 5.74) is 3.70. The smallest absolute Gasteiger partial charge is 0.335 e. The molecule has 1 N–H and O–H groups in total. The summed E-state index contributed by atoms with van der Waals surface area (Å²) in [5.74, 6) is 2.23. The molecule has 3 fully saturated rings. The van der Waals surface area contributed by atoms with Crippen molar-refractivity contribution in [1.29, 1.82) is 0 Å². The number of imidazole rings is 1. The fraction of sp³-hybridized carbons (Fsp3) is 0.387. The van der Waals surface area contributed by atoms with Gasteiger partial charge in [-0.3, -0.25) is 4.98 Å². The number of piperidine rings is 1. The van der Waals surface area contributed by atoms with Crippen LogP contribution >= 0.6 is 11.6 Å². The molecule has 41 heavy (non-hydrogen) atoms. The maximum atomic E-state index is 11.6. The number of halogens is 1. The highest BCUT2D eigenvalue weighted by Gasteiger charge is 2.56. The molecular weight excluding hydrogens is 544 g/mol. The van der Waals surface area contributed by atoms with Gasteiger partial charge in [-0.2, -0.15) is 0 Å². The largest absolute Gasteiger partial charge is 0.478 e. The van der Waals surface area contributed by atoms with Crippen LogP contribution in [0, 0.1) is 17.8 Å². The minimum absolute atomic E-state index is 0.157. The quantitative estimate of drug-likeness (QED) is 0.325. The SMILES string of the molecule is C[C@@]1(c2ccc(Cl)cn2)Oc2cccc(N3CC4C(Cc5nc6ccc(C(=O)O)cc6n5C[C@@H]5CCO5)C4C3)c2O1. The Kier molecular flexibility index (Phi) is 5.53. The van der Waals surface area contributed by atoms with Crippen LogP contribution in [0.5, 0.6) is 11.5 Å². The van der Waals surface area contributed by atoms with Crippen molar-refractivity contribution >= 4 is 34.3 Å². The van der Waals surface area contributed by atoms with E-state index in [2.05, 4.69) is 20.5 Å². The number of rotatable bonds is 7.